The van der Waals surface area contributed by atoms with Gasteiger partial charge in [-0.25, -0.2) is 0 Å². The highest BCUT2D eigenvalue weighted by Crippen LogP contribution is 2.30. The average molecular weight is 415 g/mol. The van der Waals surface area contributed by atoms with Crippen LogP contribution < -0.4 is 10.2 Å². The molecule has 0 bridgehead atoms. The van der Waals surface area contributed by atoms with E-state index < -0.39 is 0 Å². The summed E-state index contributed by atoms with van der Waals surface area (Å²) in [5, 5.41) is 4.18. The number of nitrogens with one attached hydrogen (secondary N) is 1. The summed E-state index contributed by atoms with van der Waals surface area (Å²) >= 11 is 1.59. The number of amides is 1. The number of rotatable bonds is 4. The monoisotopic (exact) mass is 414 g/mol. The largest absolute Gasteiger partial charge is 0.353 e. The van der Waals surface area contributed by atoms with Crippen molar-refractivity contribution in [3.63, 3.8) is 0 Å². The molecule has 0 aliphatic carbocycles. The van der Waals surface area contributed by atoms with Crippen molar-refractivity contribution >= 4 is 51.4 Å². The van der Waals surface area contributed by atoms with Gasteiger partial charge in [0, 0.05) is 43.8 Å². The van der Waals surface area contributed by atoms with E-state index in [2.05, 4.69) is 51.5 Å². The molecule has 2 aliphatic rings. The lowest BCUT2D eigenvalue weighted by molar-refractivity contribution is -0.115. The molecule has 0 radical (unpaired) electrons. The molecule has 0 unspecified atom stereocenters. The molecular weight excluding hydrogens is 392 g/mol. The zero-order valence-corrected chi connectivity index (χ0v) is 17.2. The maximum Gasteiger partial charge on any atom is 0.228 e. The van der Waals surface area contributed by atoms with Gasteiger partial charge in [0.1, 0.15) is 5.82 Å². The van der Waals surface area contributed by atoms with Crippen molar-refractivity contribution in [1.82, 2.24) is 9.27 Å². The van der Waals surface area contributed by atoms with Gasteiger partial charge in [-0.15, -0.1) is 12.4 Å². The zero-order chi connectivity index (χ0) is 18.2. The molecule has 1 amide bonds. The van der Waals surface area contributed by atoms with Crippen LogP contribution in [0.1, 0.15) is 11.1 Å². The Balaban J connectivity index is 0.00000192. The number of aromatic nitrogens is 1. The Morgan fingerprint density at radius 3 is 2.75 bits per heavy atom. The number of fused-ring (bicyclic) bond motifs is 2. The quantitative estimate of drug-likeness (QED) is 0.708. The second kappa shape index (κ2) is 8.07. The van der Waals surface area contributed by atoms with Gasteiger partial charge in [-0.3, -0.25) is 9.69 Å². The van der Waals surface area contributed by atoms with E-state index in [0.717, 1.165) is 56.2 Å². The summed E-state index contributed by atoms with van der Waals surface area (Å²) in [5.41, 5.74) is 3.43. The van der Waals surface area contributed by atoms with Crippen LogP contribution in [0.4, 0.5) is 11.5 Å². The minimum Gasteiger partial charge on any atom is -0.353 e. The Morgan fingerprint density at radius 1 is 1.07 bits per heavy atom. The number of carbonyl (C=O) groups is 1. The molecule has 1 aromatic heterocycles. The molecule has 3 heterocycles. The first-order valence-electron chi connectivity index (χ1n) is 9.50. The Bertz CT molecular complexity index is 997. The minimum absolute atomic E-state index is 0. The molecule has 2 aliphatic heterocycles. The Labute approximate surface area is 174 Å². The van der Waals surface area contributed by atoms with Crippen LogP contribution in [-0.4, -0.2) is 47.9 Å². The second-order valence-electron chi connectivity index (χ2n) is 7.30. The van der Waals surface area contributed by atoms with Gasteiger partial charge in [0.05, 0.1) is 11.1 Å². The van der Waals surface area contributed by atoms with Crippen LogP contribution >= 0.6 is 23.9 Å². The predicted molar refractivity (Wildman–Crippen MR) is 118 cm³/mol. The molecular formula is C21H23ClN4OS. The van der Waals surface area contributed by atoms with Crippen LogP contribution in [0.25, 0.3) is 10.1 Å². The molecule has 3 aromatic rings. The van der Waals surface area contributed by atoms with E-state index in [1.807, 2.05) is 6.07 Å². The van der Waals surface area contributed by atoms with Gasteiger partial charge in [-0.1, -0.05) is 24.3 Å². The van der Waals surface area contributed by atoms with Crippen molar-refractivity contribution in [3.05, 3.63) is 53.6 Å². The first kappa shape index (κ1) is 19.2. The van der Waals surface area contributed by atoms with Crippen LogP contribution in [-0.2, 0) is 17.6 Å². The van der Waals surface area contributed by atoms with E-state index in [4.69, 9.17) is 4.37 Å². The zero-order valence-electron chi connectivity index (χ0n) is 15.6. The van der Waals surface area contributed by atoms with Crippen LogP contribution in [0.3, 0.4) is 0 Å². The number of anilines is 2. The normalized spacial score (nSPS) is 16.7. The van der Waals surface area contributed by atoms with Crippen LogP contribution in [0.15, 0.2) is 42.5 Å². The lowest BCUT2D eigenvalue weighted by Gasteiger charge is -2.35. The summed E-state index contributed by atoms with van der Waals surface area (Å²) in [6, 6.07) is 14.9. The van der Waals surface area contributed by atoms with Crippen molar-refractivity contribution in [2.75, 3.05) is 42.9 Å². The first-order valence-corrected chi connectivity index (χ1v) is 10.3. The second-order valence-corrected chi connectivity index (χ2v) is 8.10. The SMILES string of the molecule is Cl.O=C1Cc2cc(CCN3CCN(c4nsc5ccccc45)CC3)ccc2N1. The number of benzene rings is 2. The fourth-order valence-electron chi connectivity index (χ4n) is 4.01. The van der Waals surface area contributed by atoms with Crippen LogP contribution in [0, 0.1) is 0 Å². The summed E-state index contributed by atoms with van der Waals surface area (Å²) < 4.78 is 5.96. The lowest BCUT2D eigenvalue weighted by atomic mass is 10.1. The van der Waals surface area contributed by atoms with E-state index in [0.29, 0.717) is 6.42 Å². The van der Waals surface area contributed by atoms with Gasteiger partial charge in [0.2, 0.25) is 5.91 Å². The molecule has 0 spiro atoms. The third-order valence-corrected chi connectivity index (χ3v) is 6.36. The summed E-state index contributed by atoms with van der Waals surface area (Å²) in [5.74, 6) is 1.25. The Kier molecular flexibility index (Phi) is 5.53. The molecule has 5 nitrogen and oxygen atoms in total. The molecule has 7 heteroatoms. The van der Waals surface area contributed by atoms with Crippen molar-refractivity contribution in [2.45, 2.75) is 12.8 Å². The predicted octanol–water partition coefficient (Wildman–Crippen LogP) is 3.58. The molecule has 0 atom stereocenters. The van der Waals surface area contributed by atoms with Gasteiger partial charge in [-0.2, -0.15) is 4.37 Å². The topological polar surface area (TPSA) is 48.5 Å². The number of piperazine rings is 1. The molecule has 5 rings (SSSR count). The maximum absolute atomic E-state index is 11.5. The van der Waals surface area contributed by atoms with E-state index >= 15 is 0 Å². The van der Waals surface area contributed by atoms with Gasteiger partial charge < -0.3 is 10.2 Å². The highest BCUT2D eigenvalue weighted by atomic mass is 35.5. The fourth-order valence-corrected chi connectivity index (χ4v) is 4.81. The molecule has 28 heavy (non-hydrogen) atoms. The van der Waals surface area contributed by atoms with Crippen LogP contribution in [0.2, 0.25) is 0 Å². The molecule has 1 N–H and O–H groups in total. The molecule has 146 valence electrons. The number of halogens is 1. The number of nitrogens with zero attached hydrogens (tertiary/aromatic N) is 3. The van der Waals surface area contributed by atoms with Gasteiger partial charge >= 0.3 is 0 Å². The molecule has 1 fully saturated rings. The highest BCUT2D eigenvalue weighted by Gasteiger charge is 2.21. The molecule has 2 aromatic carbocycles. The van der Waals surface area contributed by atoms with E-state index in [-0.39, 0.29) is 18.3 Å². The van der Waals surface area contributed by atoms with Gasteiger partial charge in [-0.05, 0) is 47.3 Å². The van der Waals surface area contributed by atoms with Crippen molar-refractivity contribution in [2.24, 2.45) is 0 Å². The maximum atomic E-state index is 11.5. The van der Waals surface area contributed by atoms with Crippen molar-refractivity contribution < 1.29 is 4.79 Å². The Morgan fingerprint density at radius 2 is 1.89 bits per heavy atom. The minimum atomic E-state index is 0. The van der Waals surface area contributed by atoms with E-state index in [9.17, 15) is 4.79 Å². The standard InChI is InChI=1S/C21H22N4OS.ClH/c26-20-14-16-13-15(5-6-18(16)22-20)7-8-24-9-11-25(12-10-24)21-17-3-1-2-4-19(17)27-23-21;/h1-6,13H,7-12,14H2,(H,22,26);1H. The van der Waals surface area contributed by atoms with Gasteiger partial charge in [0.25, 0.3) is 0 Å². The summed E-state index contributed by atoms with van der Waals surface area (Å²) in [4.78, 5) is 16.4. The van der Waals surface area contributed by atoms with Gasteiger partial charge in [0.15, 0.2) is 0 Å². The lowest BCUT2D eigenvalue weighted by Crippen LogP contribution is -2.47. The van der Waals surface area contributed by atoms with Crippen molar-refractivity contribution in [1.29, 1.82) is 0 Å². The number of carbonyl (C=O) groups excluding carboxylic acids is 1. The van der Waals surface area contributed by atoms with Crippen LogP contribution in [0.5, 0.6) is 0 Å². The Hall–Kier alpha value is -2.15. The summed E-state index contributed by atoms with van der Waals surface area (Å²) in [6.45, 7) is 5.24. The third-order valence-electron chi connectivity index (χ3n) is 5.54. The molecule has 1 saturated heterocycles. The van der Waals surface area contributed by atoms with Crippen molar-refractivity contribution in [3.8, 4) is 0 Å². The van der Waals surface area contributed by atoms with E-state index in [1.54, 1.807) is 11.5 Å². The summed E-state index contributed by atoms with van der Waals surface area (Å²) in [7, 11) is 0. The number of hydrogen-bond donors (Lipinski definition) is 1. The number of hydrogen-bond acceptors (Lipinski definition) is 5. The first-order chi connectivity index (χ1) is 13.3. The smallest absolute Gasteiger partial charge is 0.228 e. The van der Waals surface area contributed by atoms with E-state index in [1.165, 1.54) is 15.6 Å². The highest BCUT2D eigenvalue weighted by molar-refractivity contribution is 7.13. The third kappa shape index (κ3) is 3.72. The molecule has 0 saturated carbocycles. The summed E-state index contributed by atoms with van der Waals surface area (Å²) in [6.07, 6.45) is 1.55. The average Bonchev–Trinajstić information content (AvgIpc) is 3.29. The fraction of sp³-hybridized carbons (Fsp3) is 0.333.